The maximum atomic E-state index is 5.96. The second-order valence-electron chi connectivity index (χ2n) is 3.49. The van der Waals surface area contributed by atoms with Gasteiger partial charge in [0, 0.05) is 23.7 Å². The molecule has 66 valence electrons. The van der Waals surface area contributed by atoms with Crippen molar-refractivity contribution in [3.63, 3.8) is 0 Å². The largest absolute Gasteiger partial charge is 0.325 e. The quantitative estimate of drug-likeness (QED) is 0.392. The smallest absolute Gasteiger partial charge is 0.0492 e. The Morgan fingerprint density at radius 1 is 1.18 bits per heavy atom. The highest BCUT2D eigenvalue weighted by Gasteiger charge is 2.54. The summed E-state index contributed by atoms with van der Waals surface area (Å²) in [5, 5.41) is 0. The lowest BCUT2D eigenvalue weighted by Crippen LogP contribution is -2.86. The maximum Gasteiger partial charge on any atom is 0.0492 e. The molecule has 1 saturated carbocycles. The minimum Gasteiger partial charge on any atom is -0.325 e. The van der Waals surface area contributed by atoms with E-state index in [1.165, 1.54) is 0 Å². The van der Waals surface area contributed by atoms with Gasteiger partial charge in [-0.3, -0.25) is 0 Å². The minimum atomic E-state index is -0.409. The van der Waals surface area contributed by atoms with Crippen LogP contribution in [-0.4, -0.2) is 23.7 Å². The van der Waals surface area contributed by atoms with E-state index in [4.69, 9.17) is 22.9 Å². The van der Waals surface area contributed by atoms with Crippen LogP contribution in [-0.2, 0) is 0 Å². The summed E-state index contributed by atoms with van der Waals surface area (Å²) < 4.78 is 0. The molecule has 4 heteroatoms. The summed E-state index contributed by atoms with van der Waals surface area (Å²) in [5.41, 5.74) is 22.7. The molecule has 0 aromatic rings. The van der Waals surface area contributed by atoms with E-state index in [0.29, 0.717) is 0 Å². The van der Waals surface area contributed by atoms with Gasteiger partial charge in [0.05, 0.1) is 0 Å². The zero-order valence-electron chi connectivity index (χ0n) is 6.96. The molecule has 0 bridgehead atoms. The number of hydrogen-bond acceptors (Lipinski definition) is 4. The summed E-state index contributed by atoms with van der Waals surface area (Å²) >= 11 is 0. The number of hydrogen-bond donors (Lipinski definition) is 4. The first-order chi connectivity index (χ1) is 5.04. The van der Waals surface area contributed by atoms with Crippen LogP contribution in [0.4, 0.5) is 0 Å². The van der Waals surface area contributed by atoms with Crippen LogP contribution in [0.15, 0.2) is 0 Å². The molecule has 3 unspecified atom stereocenters. The average molecular weight is 158 g/mol. The van der Waals surface area contributed by atoms with E-state index in [0.717, 1.165) is 12.8 Å². The maximum absolute atomic E-state index is 5.96. The molecule has 0 heterocycles. The Kier molecular flexibility index (Phi) is 2.20. The fourth-order valence-corrected chi connectivity index (χ4v) is 1.81. The SMILES string of the molecule is CCCC1(N)C(N)C(N)[C@H]1N. The van der Waals surface area contributed by atoms with Crippen LogP contribution in [0.1, 0.15) is 19.8 Å². The van der Waals surface area contributed by atoms with Gasteiger partial charge in [0.1, 0.15) is 0 Å². The van der Waals surface area contributed by atoms with Gasteiger partial charge in [-0.15, -0.1) is 0 Å². The molecule has 4 atom stereocenters. The van der Waals surface area contributed by atoms with E-state index >= 15 is 0 Å². The zero-order chi connectivity index (χ0) is 8.65. The van der Waals surface area contributed by atoms with Gasteiger partial charge in [-0.25, -0.2) is 0 Å². The molecule has 4 nitrogen and oxygen atoms in total. The highest BCUT2D eigenvalue weighted by atomic mass is 15.1. The van der Waals surface area contributed by atoms with Crippen LogP contribution in [0.25, 0.3) is 0 Å². The van der Waals surface area contributed by atoms with Crippen LogP contribution in [0.5, 0.6) is 0 Å². The predicted octanol–water partition coefficient (Wildman–Crippen LogP) is -1.52. The van der Waals surface area contributed by atoms with Crippen LogP contribution in [0.2, 0.25) is 0 Å². The summed E-state index contributed by atoms with van der Waals surface area (Å²) in [6.45, 7) is 2.07. The number of nitrogens with two attached hydrogens (primary N) is 4. The van der Waals surface area contributed by atoms with Crippen molar-refractivity contribution in [1.82, 2.24) is 0 Å². The van der Waals surface area contributed by atoms with Gasteiger partial charge >= 0.3 is 0 Å². The summed E-state index contributed by atoms with van der Waals surface area (Å²) in [7, 11) is 0. The first-order valence-corrected chi connectivity index (χ1v) is 4.09. The Hall–Kier alpha value is -0.160. The molecule has 0 radical (unpaired) electrons. The third-order valence-corrected chi connectivity index (χ3v) is 2.75. The summed E-state index contributed by atoms with van der Waals surface area (Å²) in [5.74, 6) is 0. The standard InChI is InChI=1S/C7H18N4/c1-2-3-7(11)5(9)4(8)6(7)10/h4-6H,2-3,8-11H2,1H3/t4?,5-,6?,7?/m1/s1. The molecular formula is C7H18N4. The normalized spacial score (nSPS) is 50.5. The fraction of sp³-hybridized carbons (Fsp3) is 1.00. The van der Waals surface area contributed by atoms with Gasteiger partial charge in [0.15, 0.2) is 0 Å². The first kappa shape index (κ1) is 8.93. The third-order valence-electron chi connectivity index (χ3n) is 2.75. The zero-order valence-corrected chi connectivity index (χ0v) is 6.96. The first-order valence-electron chi connectivity index (χ1n) is 4.09. The van der Waals surface area contributed by atoms with E-state index in [-0.39, 0.29) is 18.1 Å². The Morgan fingerprint density at radius 2 is 1.64 bits per heavy atom. The molecule has 0 aromatic carbocycles. The molecule has 8 N–H and O–H groups in total. The van der Waals surface area contributed by atoms with E-state index in [1.54, 1.807) is 0 Å². The van der Waals surface area contributed by atoms with Crippen molar-refractivity contribution in [2.75, 3.05) is 0 Å². The highest BCUT2D eigenvalue weighted by molar-refractivity contribution is 5.20. The third kappa shape index (κ3) is 1.06. The molecule has 1 aliphatic carbocycles. The van der Waals surface area contributed by atoms with Crippen LogP contribution >= 0.6 is 0 Å². The van der Waals surface area contributed by atoms with Crippen molar-refractivity contribution < 1.29 is 0 Å². The van der Waals surface area contributed by atoms with Gasteiger partial charge in [0.25, 0.3) is 0 Å². The Labute approximate surface area is 67.3 Å². The van der Waals surface area contributed by atoms with Gasteiger partial charge in [-0.1, -0.05) is 13.3 Å². The average Bonchev–Trinajstić information content (AvgIpc) is 2.01. The van der Waals surface area contributed by atoms with Crippen molar-refractivity contribution in [2.45, 2.75) is 43.4 Å². The Balaban J connectivity index is 2.58. The predicted molar refractivity (Wildman–Crippen MR) is 45.8 cm³/mol. The van der Waals surface area contributed by atoms with Crippen molar-refractivity contribution in [3.05, 3.63) is 0 Å². The van der Waals surface area contributed by atoms with Crippen LogP contribution in [0, 0.1) is 0 Å². The van der Waals surface area contributed by atoms with Crippen LogP contribution < -0.4 is 22.9 Å². The fourth-order valence-electron chi connectivity index (χ4n) is 1.81. The molecule has 1 fully saturated rings. The molecule has 0 amide bonds. The summed E-state index contributed by atoms with van der Waals surface area (Å²) in [6, 6.07) is -0.374. The second kappa shape index (κ2) is 2.71. The molecule has 0 saturated heterocycles. The van der Waals surface area contributed by atoms with Gasteiger partial charge in [-0.2, -0.15) is 0 Å². The van der Waals surface area contributed by atoms with Gasteiger partial charge in [-0.05, 0) is 6.42 Å². The lowest BCUT2D eigenvalue weighted by atomic mass is 9.63. The van der Waals surface area contributed by atoms with Gasteiger partial charge < -0.3 is 22.9 Å². The van der Waals surface area contributed by atoms with E-state index < -0.39 is 5.54 Å². The molecule has 1 aliphatic rings. The highest BCUT2D eigenvalue weighted by Crippen LogP contribution is 2.30. The summed E-state index contributed by atoms with van der Waals surface area (Å²) in [4.78, 5) is 0. The molecule has 0 spiro atoms. The Bertz CT molecular complexity index is 137. The molecule has 0 aromatic heterocycles. The van der Waals surface area contributed by atoms with E-state index in [1.807, 2.05) is 0 Å². The molecule has 11 heavy (non-hydrogen) atoms. The second-order valence-corrected chi connectivity index (χ2v) is 3.49. The van der Waals surface area contributed by atoms with Gasteiger partial charge in [0.2, 0.25) is 0 Å². The monoisotopic (exact) mass is 158 g/mol. The van der Waals surface area contributed by atoms with Crippen molar-refractivity contribution >= 4 is 0 Å². The summed E-state index contributed by atoms with van der Waals surface area (Å²) in [6.07, 6.45) is 1.87. The van der Waals surface area contributed by atoms with Crippen molar-refractivity contribution in [3.8, 4) is 0 Å². The van der Waals surface area contributed by atoms with Crippen molar-refractivity contribution in [1.29, 1.82) is 0 Å². The van der Waals surface area contributed by atoms with Crippen molar-refractivity contribution in [2.24, 2.45) is 22.9 Å². The molecule has 0 aliphatic heterocycles. The van der Waals surface area contributed by atoms with E-state index in [2.05, 4.69) is 6.92 Å². The Morgan fingerprint density at radius 3 is 2.00 bits per heavy atom. The van der Waals surface area contributed by atoms with E-state index in [9.17, 15) is 0 Å². The minimum absolute atomic E-state index is 0.119. The molecular weight excluding hydrogens is 140 g/mol. The lowest BCUT2D eigenvalue weighted by molar-refractivity contribution is 0.111. The topological polar surface area (TPSA) is 104 Å². The molecule has 1 rings (SSSR count). The number of rotatable bonds is 2. The lowest BCUT2D eigenvalue weighted by Gasteiger charge is -2.55. The van der Waals surface area contributed by atoms with Crippen LogP contribution in [0.3, 0.4) is 0 Å².